The van der Waals surface area contributed by atoms with Crippen molar-refractivity contribution in [2.45, 2.75) is 32.7 Å². The van der Waals surface area contributed by atoms with Crippen LogP contribution in [0, 0.1) is 0 Å². The molecule has 0 spiro atoms. The minimum Gasteiger partial charge on any atom is -0.494 e. The van der Waals surface area contributed by atoms with Crippen LogP contribution in [0.4, 0.5) is 10.5 Å². The van der Waals surface area contributed by atoms with Crippen LogP contribution in [0.25, 0.3) is 0 Å². The maximum atomic E-state index is 13.2. The van der Waals surface area contributed by atoms with Crippen LogP contribution < -0.4 is 24.8 Å². The second kappa shape index (κ2) is 10.7. The van der Waals surface area contributed by atoms with Gasteiger partial charge in [-0.15, -0.1) is 0 Å². The molecule has 2 aromatic rings. The SMILES string of the molecule is CCOc1ccc(NC(=O)N2CCc3cc(OC)c(OC)cc3C2CNC(=O)CC)cc1. The molecular weight excluding hydrogens is 410 g/mol. The predicted octanol–water partition coefficient (Wildman–Crippen LogP) is 3.76. The lowest BCUT2D eigenvalue weighted by Gasteiger charge is -2.38. The molecule has 3 amide bonds. The summed E-state index contributed by atoms with van der Waals surface area (Å²) in [4.78, 5) is 26.9. The molecule has 0 aliphatic carbocycles. The molecular formula is C24H31N3O5. The van der Waals surface area contributed by atoms with Crippen molar-refractivity contribution in [3.05, 3.63) is 47.5 Å². The first kappa shape index (κ1) is 23.2. The summed E-state index contributed by atoms with van der Waals surface area (Å²) in [6.45, 7) is 5.13. The number of urea groups is 1. The molecule has 0 bridgehead atoms. The molecule has 172 valence electrons. The first-order valence-electron chi connectivity index (χ1n) is 10.8. The standard InChI is InChI=1S/C24H31N3O5/c1-5-23(28)25-15-20-19-14-22(31-4)21(30-3)13-16(19)11-12-27(20)24(29)26-17-7-9-18(10-8-17)32-6-2/h7-10,13-14,20H,5-6,11-12,15H2,1-4H3,(H,25,28)(H,26,29). The summed E-state index contributed by atoms with van der Waals surface area (Å²) in [6, 6.07) is 10.5. The van der Waals surface area contributed by atoms with Crippen LogP contribution in [-0.2, 0) is 11.2 Å². The number of nitrogens with one attached hydrogen (secondary N) is 2. The van der Waals surface area contributed by atoms with Gasteiger partial charge in [0, 0.05) is 25.2 Å². The Balaban J connectivity index is 1.86. The maximum Gasteiger partial charge on any atom is 0.322 e. The van der Waals surface area contributed by atoms with E-state index in [1.54, 1.807) is 26.0 Å². The van der Waals surface area contributed by atoms with Gasteiger partial charge in [-0.3, -0.25) is 4.79 Å². The summed E-state index contributed by atoms with van der Waals surface area (Å²) in [7, 11) is 3.18. The third-order valence-electron chi connectivity index (χ3n) is 5.49. The molecule has 0 radical (unpaired) electrons. The molecule has 0 aromatic heterocycles. The lowest BCUT2D eigenvalue weighted by atomic mass is 9.91. The van der Waals surface area contributed by atoms with Gasteiger partial charge in [-0.1, -0.05) is 6.92 Å². The summed E-state index contributed by atoms with van der Waals surface area (Å²) in [5.41, 5.74) is 2.68. The summed E-state index contributed by atoms with van der Waals surface area (Å²) in [6.07, 6.45) is 1.05. The Morgan fingerprint density at radius 2 is 1.75 bits per heavy atom. The topological polar surface area (TPSA) is 89.1 Å². The normalized spacial score (nSPS) is 14.9. The predicted molar refractivity (Wildman–Crippen MR) is 123 cm³/mol. The molecule has 3 rings (SSSR count). The van der Waals surface area contributed by atoms with E-state index in [9.17, 15) is 9.59 Å². The molecule has 8 heteroatoms. The van der Waals surface area contributed by atoms with Crippen molar-refractivity contribution < 1.29 is 23.8 Å². The average Bonchev–Trinajstić information content (AvgIpc) is 2.82. The quantitative estimate of drug-likeness (QED) is 0.651. The van der Waals surface area contributed by atoms with E-state index in [4.69, 9.17) is 14.2 Å². The van der Waals surface area contributed by atoms with Gasteiger partial charge in [0.05, 0.1) is 26.9 Å². The maximum absolute atomic E-state index is 13.2. The largest absolute Gasteiger partial charge is 0.494 e. The van der Waals surface area contributed by atoms with Crippen LogP contribution in [-0.4, -0.2) is 50.8 Å². The van der Waals surface area contributed by atoms with Crippen molar-refractivity contribution in [2.75, 3.05) is 39.2 Å². The fraction of sp³-hybridized carbons (Fsp3) is 0.417. The minimum atomic E-state index is -0.336. The van der Waals surface area contributed by atoms with Crippen LogP contribution in [0.2, 0.25) is 0 Å². The minimum absolute atomic E-state index is 0.0653. The highest BCUT2D eigenvalue weighted by Crippen LogP contribution is 2.38. The number of nitrogens with zero attached hydrogens (tertiary/aromatic N) is 1. The number of anilines is 1. The van der Waals surface area contributed by atoms with Crippen molar-refractivity contribution in [1.82, 2.24) is 10.2 Å². The highest BCUT2D eigenvalue weighted by atomic mass is 16.5. The van der Waals surface area contributed by atoms with E-state index in [0.29, 0.717) is 49.7 Å². The summed E-state index contributed by atoms with van der Waals surface area (Å²) in [5.74, 6) is 1.92. The monoisotopic (exact) mass is 441 g/mol. The molecule has 2 N–H and O–H groups in total. The van der Waals surface area contributed by atoms with Gasteiger partial charge in [0.1, 0.15) is 5.75 Å². The molecule has 1 unspecified atom stereocenters. The highest BCUT2D eigenvalue weighted by molar-refractivity contribution is 5.90. The second-order valence-electron chi connectivity index (χ2n) is 7.41. The summed E-state index contributed by atoms with van der Waals surface area (Å²) in [5, 5.41) is 5.89. The summed E-state index contributed by atoms with van der Waals surface area (Å²) >= 11 is 0. The van der Waals surface area contributed by atoms with E-state index in [1.165, 1.54) is 0 Å². The number of methoxy groups -OCH3 is 2. The molecule has 0 saturated carbocycles. The fourth-order valence-electron chi connectivity index (χ4n) is 3.82. The van der Waals surface area contributed by atoms with Crippen LogP contribution in [0.3, 0.4) is 0 Å². The number of amides is 3. The number of rotatable bonds is 8. The molecule has 1 heterocycles. The van der Waals surface area contributed by atoms with E-state index in [2.05, 4.69) is 10.6 Å². The van der Waals surface area contributed by atoms with Crippen molar-refractivity contribution in [2.24, 2.45) is 0 Å². The molecule has 2 aromatic carbocycles. The van der Waals surface area contributed by atoms with Gasteiger partial charge in [0.25, 0.3) is 0 Å². The zero-order valence-electron chi connectivity index (χ0n) is 19.1. The van der Waals surface area contributed by atoms with Gasteiger partial charge in [-0.05, 0) is 60.9 Å². The number of hydrogen-bond donors (Lipinski definition) is 2. The number of carbonyl (C=O) groups excluding carboxylic acids is 2. The van der Waals surface area contributed by atoms with Gasteiger partial charge >= 0.3 is 6.03 Å². The number of carbonyl (C=O) groups is 2. The lowest BCUT2D eigenvalue weighted by Crippen LogP contribution is -2.46. The highest BCUT2D eigenvalue weighted by Gasteiger charge is 2.32. The van der Waals surface area contributed by atoms with E-state index >= 15 is 0 Å². The third kappa shape index (κ3) is 5.25. The molecule has 0 fully saturated rings. The smallest absolute Gasteiger partial charge is 0.322 e. The average molecular weight is 442 g/mol. The first-order valence-corrected chi connectivity index (χ1v) is 10.8. The van der Waals surface area contributed by atoms with E-state index in [-0.39, 0.29) is 18.0 Å². The fourth-order valence-corrected chi connectivity index (χ4v) is 3.82. The van der Waals surface area contributed by atoms with Crippen molar-refractivity contribution in [3.63, 3.8) is 0 Å². The molecule has 0 saturated heterocycles. The Morgan fingerprint density at radius 1 is 1.06 bits per heavy atom. The van der Waals surface area contributed by atoms with E-state index in [0.717, 1.165) is 16.9 Å². The van der Waals surface area contributed by atoms with Gasteiger partial charge in [-0.2, -0.15) is 0 Å². The van der Waals surface area contributed by atoms with Crippen LogP contribution in [0.15, 0.2) is 36.4 Å². The Hall–Kier alpha value is -3.42. The van der Waals surface area contributed by atoms with Gasteiger partial charge < -0.3 is 29.7 Å². The number of fused-ring (bicyclic) bond motifs is 1. The zero-order chi connectivity index (χ0) is 23.1. The molecule has 8 nitrogen and oxygen atoms in total. The molecule has 32 heavy (non-hydrogen) atoms. The molecule has 1 aliphatic heterocycles. The van der Waals surface area contributed by atoms with Crippen molar-refractivity contribution >= 4 is 17.6 Å². The van der Waals surface area contributed by atoms with Crippen LogP contribution in [0.5, 0.6) is 17.2 Å². The Bertz CT molecular complexity index is 945. The molecule has 1 atom stereocenters. The number of hydrogen-bond acceptors (Lipinski definition) is 5. The summed E-state index contributed by atoms with van der Waals surface area (Å²) < 4.78 is 16.4. The Morgan fingerprint density at radius 3 is 2.38 bits per heavy atom. The van der Waals surface area contributed by atoms with Crippen molar-refractivity contribution in [1.29, 1.82) is 0 Å². The van der Waals surface area contributed by atoms with Crippen LogP contribution in [0.1, 0.15) is 37.4 Å². The zero-order valence-corrected chi connectivity index (χ0v) is 19.1. The van der Waals surface area contributed by atoms with Gasteiger partial charge in [0.2, 0.25) is 5.91 Å². The van der Waals surface area contributed by atoms with Gasteiger partial charge in [-0.25, -0.2) is 4.79 Å². The van der Waals surface area contributed by atoms with E-state index in [1.807, 2.05) is 43.3 Å². The molecule has 1 aliphatic rings. The first-order chi connectivity index (χ1) is 15.5. The number of benzene rings is 2. The van der Waals surface area contributed by atoms with Gasteiger partial charge in [0.15, 0.2) is 11.5 Å². The van der Waals surface area contributed by atoms with E-state index < -0.39 is 0 Å². The second-order valence-corrected chi connectivity index (χ2v) is 7.41. The number of ether oxygens (including phenoxy) is 3. The lowest BCUT2D eigenvalue weighted by molar-refractivity contribution is -0.121. The van der Waals surface area contributed by atoms with Crippen molar-refractivity contribution in [3.8, 4) is 17.2 Å². The Kier molecular flexibility index (Phi) is 7.81. The van der Waals surface area contributed by atoms with Crippen LogP contribution >= 0.6 is 0 Å². The third-order valence-corrected chi connectivity index (χ3v) is 5.49. The Labute approximate surface area is 188 Å².